The van der Waals surface area contributed by atoms with Gasteiger partial charge in [-0.1, -0.05) is 12.1 Å². The number of rotatable bonds is 2. The maximum atomic E-state index is 11.5. The number of benzene rings is 1. The van der Waals surface area contributed by atoms with Gasteiger partial charge >= 0.3 is 0 Å². The molecule has 1 aromatic heterocycles. The lowest BCUT2D eigenvalue weighted by atomic mass is 10.1. The summed E-state index contributed by atoms with van der Waals surface area (Å²) in [7, 11) is 0. The van der Waals surface area contributed by atoms with Crippen LogP contribution in [0.2, 0.25) is 0 Å². The number of hydrogen-bond acceptors (Lipinski definition) is 4. The average Bonchev–Trinajstić information content (AvgIpc) is 2.68. The van der Waals surface area contributed by atoms with Crippen molar-refractivity contribution in [2.24, 2.45) is 0 Å². The summed E-state index contributed by atoms with van der Waals surface area (Å²) in [5.74, 6) is -0.517. The Hall–Kier alpha value is -2.43. The van der Waals surface area contributed by atoms with Crippen LogP contribution in [-0.2, 0) is 9.59 Å². The van der Waals surface area contributed by atoms with Crippen molar-refractivity contribution >= 4 is 28.3 Å². The topological polar surface area (TPSA) is 71.1 Å². The second kappa shape index (κ2) is 4.10. The van der Waals surface area contributed by atoms with Crippen LogP contribution in [0, 0.1) is 0 Å². The van der Waals surface area contributed by atoms with E-state index >= 15 is 0 Å². The quantitative estimate of drug-likeness (QED) is 0.771. The molecule has 1 fully saturated rings. The number of amides is 2. The molecule has 1 unspecified atom stereocenters. The van der Waals surface area contributed by atoms with E-state index in [-0.39, 0.29) is 18.2 Å². The van der Waals surface area contributed by atoms with Gasteiger partial charge in [-0.05, 0) is 17.5 Å². The highest BCUT2D eigenvalue weighted by molar-refractivity contribution is 6.07. The third-order valence-corrected chi connectivity index (χ3v) is 2.98. The van der Waals surface area contributed by atoms with Gasteiger partial charge in [0.25, 0.3) is 0 Å². The molecule has 1 atom stereocenters. The van der Waals surface area contributed by atoms with E-state index in [1.165, 1.54) is 0 Å². The number of anilines is 1. The van der Waals surface area contributed by atoms with Gasteiger partial charge in [-0.25, -0.2) is 0 Å². The van der Waals surface area contributed by atoms with Gasteiger partial charge in [-0.15, -0.1) is 0 Å². The van der Waals surface area contributed by atoms with Crippen molar-refractivity contribution < 1.29 is 9.59 Å². The minimum atomic E-state index is -0.497. The predicted octanol–water partition coefficient (Wildman–Crippen LogP) is 1.06. The number of nitrogens with zero attached hydrogens (tertiary/aromatic N) is 1. The van der Waals surface area contributed by atoms with Crippen LogP contribution in [0.5, 0.6) is 0 Å². The van der Waals surface area contributed by atoms with E-state index in [1.807, 2.05) is 24.3 Å². The fourth-order valence-corrected chi connectivity index (χ4v) is 2.10. The molecule has 0 bridgehead atoms. The van der Waals surface area contributed by atoms with Crippen LogP contribution in [0.4, 0.5) is 5.69 Å². The molecule has 5 heteroatoms. The molecular formula is C13H11N3O2. The maximum Gasteiger partial charge on any atom is 0.249 e. The Kier molecular flexibility index (Phi) is 2.44. The highest BCUT2D eigenvalue weighted by Crippen LogP contribution is 2.23. The van der Waals surface area contributed by atoms with E-state index in [1.54, 1.807) is 12.4 Å². The number of imide groups is 1. The summed E-state index contributed by atoms with van der Waals surface area (Å²) in [6, 6.07) is 7.16. The molecule has 2 N–H and O–H groups in total. The predicted molar refractivity (Wildman–Crippen MR) is 66.9 cm³/mol. The molecule has 1 aliphatic heterocycles. The highest BCUT2D eigenvalue weighted by atomic mass is 16.2. The lowest BCUT2D eigenvalue weighted by molar-refractivity contribution is -0.124. The van der Waals surface area contributed by atoms with Crippen molar-refractivity contribution in [3.05, 3.63) is 36.7 Å². The highest BCUT2D eigenvalue weighted by Gasteiger charge is 2.30. The molecule has 90 valence electrons. The number of nitrogens with one attached hydrogen (secondary N) is 2. The fraction of sp³-hybridized carbons (Fsp3) is 0.154. The Balaban J connectivity index is 1.95. The molecule has 2 aromatic rings. The number of aromatic nitrogens is 1. The monoisotopic (exact) mass is 241 g/mol. The van der Waals surface area contributed by atoms with Gasteiger partial charge in [0.15, 0.2) is 0 Å². The maximum absolute atomic E-state index is 11.5. The van der Waals surface area contributed by atoms with Crippen LogP contribution in [0.3, 0.4) is 0 Å². The van der Waals surface area contributed by atoms with E-state index in [2.05, 4.69) is 15.6 Å². The van der Waals surface area contributed by atoms with Crippen molar-refractivity contribution in [3.8, 4) is 0 Å². The van der Waals surface area contributed by atoms with Gasteiger partial charge in [0.05, 0.1) is 6.42 Å². The molecule has 0 aliphatic carbocycles. The molecular weight excluding hydrogens is 230 g/mol. The summed E-state index contributed by atoms with van der Waals surface area (Å²) < 4.78 is 0. The summed E-state index contributed by atoms with van der Waals surface area (Å²) in [6.07, 6.45) is 3.64. The Morgan fingerprint density at radius 2 is 2.17 bits per heavy atom. The second-order valence-electron chi connectivity index (χ2n) is 4.22. The summed E-state index contributed by atoms with van der Waals surface area (Å²) in [4.78, 5) is 26.7. The summed E-state index contributed by atoms with van der Waals surface area (Å²) in [5, 5.41) is 7.35. The molecule has 1 saturated heterocycles. The molecule has 3 rings (SSSR count). The van der Waals surface area contributed by atoms with Crippen LogP contribution in [-0.4, -0.2) is 22.8 Å². The smallest absolute Gasteiger partial charge is 0.249 e. The Labute approximate surface area is 103 Å². The summed E-state index contributed by atoms with van der Waals surface area (Å²) in [5.41, 5.74) is 0.815. The molecule has 5 nitrogen and oxygen atoms in total. The second-order valence-corrected chi connectivity index (χ2v) is 4.22. The van der Waals surface area contributed by atoms with Gasteiger partial charge in [0.1, 0.15) is 6.04 Å². The molecule has 2 amide bonds. The standard InChI is InChI=1S/C13H11N3O2/c17-12-6-11(13(18)16-12)15-10-3-1-2-8-4-5-14-7-9(8)10/h1-5,7,11,15H,6H2,(H,16,17,18). The van der Waals surface area contributed by atoms with Crippen molar-refractivity contribution in [3.63, 3.8) is 0 Å². The van der Waals surface area contributed by atoms with Crippen LogP contribution < -0.4 is 10.6 Å². The van der Waals surface area contributed by atoms with Crippen molar-refractivity contribution in [1.82, 2.24) is 10.3 Å². The minimum absolute atomic E-state index is 0.176. The first-order valence-electron chi connectivity index (χ1n) is 5.67. The average molecular weight is 241 g/mol. The molecule has 0 spiro atoms. The fourth-order valence-electron chi connectivity index (χ4n) is 2.10. The molecule has 0 radical (unpaired) electrons. The van der Waals surface area contributed by atoms with E-state index in [4.69, 9.17) is 0 Å². The lowest BCUT2D eigenvalue weighted by Gasteiger charge is -2.12. The number of pyridine rings is 1. The summed E-state index contributed by atoms with van der Waals surface area (Å²) in [6.45, 7) is 0. The SMILES string of the molecule is O=C1CC(Nc2cccc3ccncc23)C(=O)N1. The largest absolute Gasteiger partial charge is 0.373 e. The van der Waals surface area contributed by atoms with Crippen LogP contribution >= 0.6 is 0 Å². The number of hydrogen-bond donors (Lipinski definition) is 2. The van der Waals surface area contributed by atoms with E-state index in [9.17, 15) is 9.59 Å². The number of fused-ring (bicyclic) bond motifs is 1. The van der Waals surface area contributed by atoms with Crippen molar-refractivity contribution in [2.75, 3.05) is 5.32 Å². The van der Waals surface area contributed by atoms with Gasteiger partial charge < -0.3 is 5.32 Å². The van der Waals surface area contributed by atoms with Crippen molar-refractivity contribution in [1.29, 1.82) is 0 Å². The molecule has 18 heavy (non-hydrogen) atoms. The third-order valence-electron chi connectivity index (χ3n) is 2.98. The molecule has 0 saturated carbocycles. The van der Waals surface area contributed by atoms with E-state index < -0.39 is 6.04 Å². The first-order chi connectivity index (χ1) is 8.74. The zero-order valence-electron chi connectivity index (χ0n) is 9.51. The Bertz CT molecular complexity index is 634. The van der Waals surface area contributed by atoms with Gasteiger partial charge in [0.2, 0.25) is 11.8 Å². The molecule has 2 heterocycles. The zero-order valence-corrected chi connectivity index (χ0v) is 9.51. The summed E-state index contributed by atoms with van der Waals surface area (Å²) >= 11 is 0. The van der Waals surface area contributed by atoms with Gasteiger partial charge in [-0.3, -0.25) is 19.9 Å². The zero-order chi connectivity index (χ0) is 12.5. The normalized spacial score (nSPS) is 19.0. The Morgan fingerprint density at radius 3 is 2.94 bits per heavy atom. The van der Waals surface area contributed by atoms with Crippen molar-refractivity contribution in [2.45, 2.75) is 12.5 Å². The number of carbonyl (C=O) groups is 2. The van der Waals surface area contributed by atoms with Crippen LogP contribution in [0.25, 0.3) is 10.8 Å². The first kappa shape index (κ1) is 10.7. The Morgan fingerprint density at radius 1 is 1.28 bits per heavy atom. The van der Waals surface area contributed by atoms with Crippen LogP contribution in [0.1, 0.15) is 6.42 Å². The lowest BCUT2D eigenvalue weighted by Crippen LogP contribution is -2.30. The van der Waals surface area contributed by atoms with Gasteiger partial charge in [-0.2, -0.15) is 0 Å². The number of carbonyl (C=O) groups excluding carboxylic acids is 2. The first-order valence-corrected chi connectivity index (χ1v) is 5.67. The molecule has 1 aromatic carbocycles. The van der Waals surface area contributed by atoms with Gasteiger partial charge in [0, 0.05) is 23.5 Å². The minimum Gasteiger partial charge on any atom is -0.373 e. The van der Waals surface area contributed by atoms with Crippen LogP contribution in [0.15, 0.2) is 36.7 Å². The van der Waals surface area contributed by atoms with E-state index in [0.717, 1.165) is 16.5 Å². The van der Waals surface area contributed by atoms with E-state index in [0.29, 0.717) is 0 Å². The molecule has 1 aliphatic rings. The third kappa shape index (κ3) is 1.79.